The van der Waals surface area contributed by atoms with Gasteiger partial charge in [-0.05, 0) is 0 Å². The number of nitrogens with one attached hydrogen (secondary N) is 1. The first-order valence-electron chi connectivity index (χ1n) is 2.75. The van der Waals surface area contributed by atoms with Crippen LogP contribution in [-0.4, -0.2) is 42.7 Å². The Morgan fingerprint density at radius 1 is 1.50 bits per heavy atom. The summed E-state index contributed by atoms with van der Waals surface area (Å²) in [6.07, 6.45) is 0. The van der Waals surface area contributed by atoms with E-state index < -0.39 is 27.9 Å². The maximum Gasteiger partial charge on any atom is 0.644 e. The summed E-state index contributed by atoms with van der Waals surface area (Å²) in [6.45, 7) is -0.291. The average molecular weight is 195 g/mol. The van der Waals surface area contributed by atoms with Gasteiger partial charge in [0.1, 0.15) is 0 Å². The molecule has 0 bridgehead atoms. The minimum atomic E-state index is -1.58. The van der Waals surface area contributed by atoms with Crippen molar-refractivity contribution in [3.63, 3.8) is 0 Å². The Morgan fingerprint density at radius 3 is 2.17 bits per heavy atom. The second-order valence-corrected chi connectivity index (χ2v) is 1.57. The smallest absolute Gasteiger partial charge is 0.496 e. The molecule has 0 fully saturated rings. The lowest BCUT2D eigenvalue weighted by Crippen LogP contribution is -2.34. The lowest BCUT2D eigenvalue weighted by atomic mass is 10.7. The molecular formula is C3H10AlN3O5. The van der Waals surface area contributed by atoms with Gasteiger partial charge in [0, 0.05) is 0 Å². The van der Waals surface area contributed by atoms with E-state index in [0.29, 0.717) is 0 Å². The van der Waals surface area contributed by atoms with Crippen molar-refractivity contribution in [1.29, 1.82) is 0 Å². The maximum absolute atomic E-state index is 10.1. The molecule has 9 heteroatoms. The molecule has 8 nitrogen and oxygen atoms in total. The van der Waals surface area contributed by atoms with E-state index in [1.165, 1.54) is 0 Å². The fraction of sp³-hybridized carbons (Fsp3) is 0.333. The van der Waals surface area contributed by atoms with Gasteiger partial charge in [-0.25, -0.2) is 9.59 Å². The average Bonchev–Trinajstić information content (AvgIpc) is 2.01. The van der Waals surface area contributed by atoms with Crippen molar-refractivity contribution in [1.82, 2.24) is 5.48 Å². The van der Waals surface area contributed by atoms with E-state index in [4.69, 9.17) is 14.1 Å². The standard InChI is InChI=1S/C3H7N3O3.Al.2H2O.H/c4-1-2(7)9-6-3(5)8;;;;/h1,4H2,(H3,5,6,8);;2*1H2;/q;+2;;;/p-2. The molecule has 0 spiro atoms. The van der Waals surface area contributed by atoms with Crippen molar-refractivity contribution in [3.05, 3.63) is 0 Å². The van der Waals surface area contributed by atoms with Gasteiger partial charge in [-0.3, -0.25) is 0 Å². The quantitative estimate of drug-likeness (QED) is 0.215. The van der Waals surface area contributed by atoms with Crippen molar-refractivity contribution in [3.8, 4) is 0 Å². The van der Waals surface area contributed by atoms with E-state index in [1.54, 1.807) is 5.48 Å². The summed E-state index contributed by atoms with van der Waals surface area (Å²) in [5.41, 5.74) is 10.9. The highest BCUT2D eigenvalue weighted by molar-refractivity contribution is 6.13. The van der Waals surface area contributed by atoms with Gasteiger partial charge in [0.25, 0.3) is 0 Å². The molecule has 0 saturated heterocycles. The van der Waals surface area contributed by atoms with E-state index >= 15 is 0 Å². The number of hydroxylamine groups is 1. The van der Waals surface area contributed by atoms with Gasteiger partial charge in [0.2, 0.25) is 0 Å². The van der Waals surface area contributed by atoms with E-state index in [9.17, 15) is 9.59 Å². The first kappa shape index (κ1) is 13.7. The molecular weight excluding hydrogens is 185 g/mol. The molecule has 0 unspecified atom stereocenters. The first-order valence-corrected chi connectivity index (χ1v) is 4.01. The number of carbonyl (C=O) groups is 2. The predicted molar refractivity (Wildman–Crippen MR) is 39.5 cm³/mol. The molecule has 0 radical (unpaired) electrons. The Morgan fingerprint density at radius 2 is 1.92 bits per heavy atom. The topological polar surface area (TPSA) is 148 Å². The van der Waals surface area contributed by atoms with Crippen LogP contribution in [0.25, 0.3) is 0 Å². The normalized spacial score (nSPS) is 7.25. The third-order valence-corrected chi connectivity index (χ3v) is 0.432. The molecule has 0 atom stereocenters. The molecule has 0 rings (SSSR count). The third-order valence-electron chi connectivity index (χ3n) is 0.432. The summed E-state index contributed by atoms with van der Waals surface area (Å²) in [4.78, 5) is 23.9. The Labute approximate surface area is 74.8 Å². The molecule has 0 aliphatic heterocycles. The minimum absolute atomic E-state index is 0.291. The molecule has 0 aromatic rings. The highest BCUT2D eigenvalue weighted by Crippen LogP contribution is 1.65. The van der Waals surface area contributed by atoms with Crippen LogP contribution in [0.2, 0.25) is 0 Å². The number of carbonyl (C=O) groups excluding carboxylic acids is 2. The van der Waals surface area contributed by atoms with Gasteiger partial charge in [-0.15, -0.1) is 0 Å². The largest absolute Gasteiger partial charge is 0.644 e. The van der Waals surface area contributed by atoms with Crippen LogP contribution in [0.4, 0.5) is 4.79 Å². The van der Waals surface area contributed by atoms with E-state index in [0.717, 1.165) is 0 Å². The predicted octanol–water partition coefficient (Wildman–Crippen LogP) is -3.69. The zero-order chi connectivity index (χ0) is 9.98. The molecule has 0 aromatic carbocycles. The molecule has 7 N–H and O–H groups in total. The van der Waals surface area contributed by atoms with Gasteiger partial charge < -0.3 is 24.6 Å². The van der Waals surface area contributed by atoms with Gasteiger partial charge in [-0.2, -0.15) is 5.48 Å². The maximum atomic E-state index is 10.1. The van der Waals surface area contributed by atoms with E-state index in [-0.39, 0.29) is 6.54 Å². The van der Waals surface area contributed by atoms with Crippen molar-refractivity contribution < 1.29 is 22.7 Å². The fourth-order valence-corrected chi connectivity index (χ4v) is 0.149. The van der Waals surface area contributed by atoms with E-state index in [2.05, 4.69) is 10.6 Å². The molecule has 70 valence electrons. The van der Waals surface area contributed by atoms with Crippen LogP contribution in [0.15, 0.2) is 0 Å². The lowest BCUT2D eigenvalue weighted by Gasteiger charge is -1.98. The highest BCUT2D eigenvalue weighted by Gasteiger charge is 1.98. The lowest BCUT2D eigenvalue weighted by molar-refractivity contribution is -0.146. The molecule has 0 aliphatic rings. The monoisotopic (exact) mass is 195 g/mol. The molecule has 0 aromatic heterocycles. The first-order chi connectivity index (χ1) is 5.58. The summed E-state index contributed by atoms with van der Waals surface area (Å²) in [5.74, 6) is -0.742. The van der Waals surface area contributed by atoms with Gasteiger partial charge in [0.15, 0.2) is 0 Å². The molecule has 0 saturated carbocycles. The van der Waals surface area contributed by atoms with Crippen molar-refractivity contribution in [2.24, 2.45) is 11.5 Å². The Bertz CT molecular complexity index is 142. The van der Waals surface area contributed by atoms with Crippen LogP contribution in [-0.2, 0) is 9.63 Å². The molecule has 0 heterocycles. The highest BCUT2D eigenvalue weighted by atomic mass is 27.2. The number of primary amides is 1. The number of urea groups is 1. The Balaban J connectivity index is 0. The number of rotatable bonds is 1. The summed E-state index contributed by atoms with van der Waals surface area (Å²) in [6, 6.07) is -0.934. The van der Waals surface area contributed by atoms with Gasteiger partial charge in [-0.1, -0.05) is 0 Å². The van der Waals surface area contributed by atoms with Gasteiger partial charge in [0.05, 0.1) is 6.54 Å². The Hall–Kier alpha value is -0.848. The van der Waals surface area contributed by atoms with Crippen LogP contribution < -0.4 is 16.9 Å². The summed E-state index contributed by atoms with van der Waals surface area (Å²) < 4.78 is 14.5. The zero-order valence-corrected chi connectivity index (χ0v) is 7.60. The molecule has 2 amide bonds. The van der Waals surface area contributed by atoms with Crippen LogP contribution in [0, 0.1) is 0 Å². The Kier molecular flexibility index (Phi) is 11.6. The van der Waals surface area contributed by atoms with Crippen LogP contribution in [0.3, 0.4) is 0 Å². The van der Waals surface area contributed by atoms with Gasteiger partial charge >= 0.3 is 27.9 Å². The number of amides is 2. The summed E-state index contributed by atoms with van der Waals surface area (Å²) >= 11 is -1.58. The molecule has 12 heavy (non-hydrogen) atoms. The SMILES string of the molecule is NCC(=O)ONC(N)=O.[OH][AlH][OH]. The fourth-order valence-electron chi connectivity index (χ4n) is 0.149. The molecule has 0 aliphatic carbocycles. The number of nitrogens with two attached hydrogens (primary N) is 2. The number of hydrogen-bond acceptors (Lipinski definition) is 6. The minimum Gasteiger partial charge on any atom is -0.496 e. The second-order valence-electron chi connectivity index (χ2n) is 1.29. The van der Waals surface area contributed by atoms with Crippen LogP contribution in [0.5, 0.6) is 0 Å². The van der Waals surface area contributed by atoms with Crippen molar-refractivity contribution >= 4 is 27.9 Å². The summed E-state index contributed by atoms with van der Waals surface area (Å²) in [5, 5.41) is 0. The van der Waals surface area contributed by atoms with Crippen LogP contribution >= 0.6 is 0 Å². The zero-order valence-electron chi connectivity index (χ0n) is 6.19. The summed E-state index contributed by atoms with van der Waals surface area (Å²) in [7, 11) is 0. The number of hydrogen-bond donors (Lipinski definition) is 5. The van der Waals surface area contributed by atoms with Crippen molar-refractivity contribution in [2.75, 3.05) is 6.54 Å². The van der Waals surface area contributed by atoms with Crippen LogP contribution in [0.1, 0.15) is 0 Å². The second kappa shape index (κ2) is 10.2. The van der Waals surface area contributed by atoms with E-state index in [1.807, 2.05) is 0 Å². The van der Waals surface area contributed by atoms with Crippen molar-refractivity contribution in [2.45, 2.75) is 0 Å². The third kappa shape index (κ3) is 16.1.